The standard InChI is InChI=1S/C16H24N4O/c1-19-8-3-4-12-11-20(9-7-15(12)19)16(21)18-14-6-2-5-13(17)10-14/h2,5-6,10,12,15H,3-4,7-9,11,17H2,1H3,(H,18,21). The van der Waals surface area contributed by atoms with Crippen LogP contribution in [0.25, 0.3) is 0 Å². The van der Waals surface area contributed by atoms with E-state index in [-0.39, 0.29) is 6.03 Å². The van der Waals surface area contributed by atoms with Crippen LogP contribution in [0.15, 0.2) is 24.3 Å². The minimum atomic E-state index is -0.00715. The van der Waals surface area contributed by atoms with Gasteiger partial charge in [0.05, 0.1) is 0 Å². The van der Waals surface area contributed by atoms with Gasteiger partial charge in [0.25, 0.3) is 0 Å². The molecule has 2 fully saturated rings. The lowest BCUT2D eigenvalue weighted by Crippen LogP contribution is -2.54. The Morgan fingerprint density at radius 1 is 1.33 bits per heavy atom. The number of hydrogen-bond acceptors (Lipinski definition) is 3. The minimum Gasteiger partial charge on any atom is -0.399 e. The number of anilines is 2. The molecule has 21 heavy (non-hydrogen) atoms. The maximum atomic E-state index is 12.4. The number of carbonyl (C=O) groups excluding carboxylic acids is 1. The van der Waals surface area contributed by atoms with Crippen LogP contribution in [0.5, 0.6) is 0 Å². The maximum Gasteiger partial charge on any atom is 0.321 e. The van der Waals surface area contributed by atoms with Crippen LogP contribution in [0.3, 0.4) is 0 Å². The summed E-state index contributed by atoms with van der Waals surface area (Å²) in [7, 11) is 2.21. The number of hydrogen-bond donors (Lipinski definition) is 2. The molecule has 2 amide bonds. The van der Waals surface area contributed by atoms with Crippen LogP contribution >= 0.6 is 0 Å². The molecular formula is C16H24N4O. The number of nitrogens with two attached hydrogens (primary N) is 1. The van der Waals surface area contributed by atoms with Gasteiger partial charge < -0.3 is 20.9 Å². The first-order valence-corrected chi connectivity index (χ1v) is 7.75. The molecule has 0 saturated carbocycles. The first-order valence-electron chi connectivity index (χ1n) is 7.75. The predicted octanol–water partition coefficient (Wildman–Crippen LogP) is 2.22. The molecule has 0 aromatic heterocycles. The van der Waals surface area contributed by atoms with Gasteiger partial charge in [0, 0.05) is 30.5 Å². The Hall–Kier alpha value is -1.75. The van der Waals surface area contributed by atoms with E-state index in [0.717, 1.165) is 25.2 Å². The van der Waals surface area contributed by atoms with Crippen molar-refractivity contribution < 1.29 is 4.79 Å². The molecule has 2 atom stereocenters. The lowest BCUT2D eigenvalue weighted by Gasteiger charge is -2.45. The van der Waals surface area contributed by atoms with Gasteiger partial charge in [-0.3, -0.25) is 0 Å². The Bertz CT molecular complexity index is 519. The number of nitrogen functional groups attached to an aromatic ring is 1. The highest BCUT2D eigenvalue weighted by Gasteiger charge is 2.35. The first kappa shape index (κ1) is 14.2. The molecular weight excluding hydrogens is 264 g/mol. The van der Waals surface area contributed by atoms with Gasteiger partial charge in [0.2, 0.25) is 0 Å². The summed E-state index contributed by atoms with van der Waals surface area (Å²) in [6, 6.07) is 7.98. The first-order chi connectivity index (χ1) is 10.1. The highest BCUT2D eigenvalue weighted by atomic mass is 16.2. The average molecular weight is 288 g/mol. The monoisotopic (exact) mass is 288 g/mol. The Morgan fingerprint density at radius 2 is 2.19 bits per heavy atom. The van der Waals surface area contributed by atoms with Crippen molar-refractivity contribution in [1.82, 2.24) is 9.80 Å². The van der Waals surface area contributed by atoms with Gasteiger partial charge in [-0.25, -0.2) is 4.79 Å². The number of carbonyl (C=O) groups is 1. The van der Waals surface area contributed by atoms with Gasteiger partial charge in [-0.1, -0.05) is 6.07 Å². The van der Waals surface area contributed by atoms with E-state index in [1.807, 2.05) is 23.1 Å². The number of likely N-dealkylation sites (tertiary alicyclic amines) is 2. The number of benzene rings is 1. The van der Waals surface area contributed by atoms with Crippen LogP contribution in [0.2, 0.25) is 0 Å². The third-order valence-electron chi connectivity index (χ3n) is 4.77. The topological polar surface area (TPSA) is 61.6 Å². The number of fused-ring (bicyclic) bond motifs is 1. The van der Waals surface area contributed by atoms with E-state index in [1.54, 1.807) is 6.07 Å². The number of nitrogens with one attached hydrogen (secondary N) is 1. The van der Waals surface area contributed by atoms with Gasteiger partial charge in [0.15, 0.2) is 0 Å². The van der Waals surface area contributed by atoms with Crippen molar-refractivity contribution in [2.45, 2.75) is 25.3 Å². The summed E-state index contributed by atoms with van der Waals surface area (Å²) in [6.45, 7) is 2.89. The van der Waals surface area contributed by atoms with Crippen LogP contribution in [0.4, 0.5) is 16.2 Å². The van der Waals surface area contributed by atoms with E-state index in [1.165, 1.54) is 19.4 Å². The second-order valence-electron chi connectivity index (χ2n) is 6.24. The summed E-state index contributed by atoms with van der Waals surface area (Å²) >= 11 is 0. The lowest BCUT2D eigenvalue weighted by atomic mass is 9.84. The third kappa shape index (κ3) is 3.13. The molecule has 2 aliphatic heterocycles. The third-order valence-corrected chi connectivity index (χ3v) is 4.77. The second-order valence-corrected chi connectivity index (χ2v) is 6.24. The number of amides is 2. The summed E-state index contributed by atoms with van der Waals surface area (Å²) in [5, 5.41) is 2.95. The van der Waals surface area contributed by atoms with Crippen LogP contribution in [-0.2, 0) is 0 Å². The fraction of sp³-hybridized carbons (Fsp3) is 0.562. The van der Waals surface area contributed by atoms with Gasteiger partial charge >= 0.3 is 6.03 Å². The van der Waals surface area contributed by atoms with Crippen molar-refractivity contribution in [1.29, 1.82) is 0 Å². The number of rotatable bonds is 1. The number of urea groups is 1. The SMILES string of the molecule is CN1CCCC2CN(C(=O)Nc3cccc(N)c3)CCC21. The summed E-state index contributed by atoms with van der Waals surface area (Å²) in [5.74, 6) is 0.615. The van der Waals surface area contributed by atoms with Crippen LogP contribution < -0.4 is 11.1 Å². The lowest BCUT2D eigenvalue weighted by molar-refractivity contribution is 0.0542. The molecule has 2 unspecified atom stereocenters. The zero-order valence-corrected chi connectivity index (χ0v) is 12.6. The fourth-order valence-corrected chi connectivity index (χ4v) is 3.66. The molecule has 2 aliphatic rings. The molecule has 1 aromatic rings. The Kier molecular flexibility index (Phi) is 4.01. The molecule has 3 rings (SSSR count). The molecule has 2 saturated heterocycles. The van der Waals surface area contributed by atoms with E-state index in [9.17, 15) is 4.79 Å². The second kappa shape index (κ2) is 5.93. The average Bonchev–Trinajstić information content (AvgIpc) is 2.47. The van der Waals surface area contributed by atoms with E-state index < -0.39 is 0 Å². The highest BCUT2D eigenvalue weighted by molar-refractivity contribution is 5.89. The Morgan fingerprint density at radius 3 is 3.00 bits per heavy atom. The van der Waals surface area contributed by atoms with E-state index in [0.29, 0.717) is 17.6 Å². The van der Waals surface area contributed by atoms with Gasteiger partial charge in [-0.15, -0.1) is 0 Å². The van der Waals surface area contributed by atoms with E-state index >= 15 is 0 Å². The van der Waals surface area contributed by atoms with Crippen LogP contribution in [0, 0.1) is 5.92 Å². The Balaban J connectivity index is 1.61. The molecule has 1 aromatic carbocycles. The summed E-state index contributed by atoms with van der Waals surface area (Å²) < 4.78 is 0. The van der Waals surface area contributed by atoms with Crippen molar-refractivity contribution in [3.8, 4) is 0 Å². The number of piperidine rings is 2. The molecule has 2 heterocycles. The zero-order valence-electron chi connectivity index (χ0n) is 12.6. The van der Waals surface area contributed by atoms with Crippen molar-refractivity contribution in [2.24, 2.45) is 5.92 Å². The molecule has 5 heteroatoms. The maximum absolute atomic E-state index is 12.4. The van der Waals surface area contributed by atoms with E-state index in [4.69, 9.17) is 5.73 Å². The van der Waals surface area contributed by atoms with E-state index in [2.05, 4.69) is 17.3 Å². The van der Waals surface area contributed by atoms with Crippen molar-refractivity contribution in [2.75, 3.05) is 37.7 Å². The normalized spacial score (nSPS) is 26.2. The van der Waals surface area contributed by atoms with Gasteiger partial charge in [-0.2, -0.15) is 0 Å². The quantitative estimate of drug-likeness (QED) is 0.779. The Labute approximate surface area is 126 Å². The molecule has 0 aliphatic carbocycles. The zero-order chi connectivity index (χ0) is 14.8. The summed E-state index contributed by atoms with van der Waals surface area (Å²) in [4.78, 5) is 16.8. The minimum absolute atomic E-state index is 0.00715. The predicted molar refractivity (Wildman–Crippen MR) is 85.2 cm³/mol. The molecule has 0 radical (unpaired) electrons. The molecule has 0 bridgehead atoms. The molecule has 3 N–H and O–H groups in total. The van der Waals surface area contributed by atoms with Gasteiger partial charge in [0.1, 0.15) is 0 Å². The van der Waals surface area contributed by atoms with Crippen LogP contribution in [0.1, 0.15) is 19.3 Å². The van der Waals surface area contributed by atoms with Crippen molar-refractivity contribution in [3.63, 3.8) is 0 Å². The summed E-state index contributed by atoms with van der Waals surface area (Å²) in [5.41, 5.74) is 7.18. The van der Waals surface area contributed by atoms with Gasteiger partial charge in [-0.05, 0) is 57.0 Å². The fourth-order valence-electron chi connectivity index (χ4n) is 3.66. The molecule has 0 spiro atoms. The summed E-state index contributed by atoms with van der Waals surface area (Å²) in [6.07, 6.45) is 3.55. The molecule has 114 valence electrons. The van der Waals surface area contributed by atoms with Crippen molar-refractivity contribution >= 4 is 17.4 Å². The number of nitrogens with zero attached hydrogens (tertiary/aromatic N) is 2. The highest BCUT2D eigenvalue weighted by Crippen LogP contribution is 2.29. The largest absolute Gasteiger partial charge is 0.399 e. The van der Waals surface area contributed by atoms with Crippen LogP contribution in [-0.4, -0.2) is 48.6 Å². The van der Waals surface area contributed by atoms with Crippen molar-refractivity contribution in [3.05, 3.63) is 24.3 Å². The smallest absolute Gasteiger partial charge is 0.321 e. The molecule has 5 nitrogen and oxygen atoms in total.